The van der Waals surface area contributed by atoms with Crippen LogP contribution < -0.4 is 5.32 Å². The summed E-state index contributed by atoms with van der Waals surface area (Å²) in [5, 5.41) is 13.5. The van der Waals surface area contributed by atoms with Crippen LogP contribution in [0.5, 0.6) is 0 Å². The molecule has 20 heavy (non-hydrogen) atoms. The second kappa shape index (κ2) is 4.92. The van der Waals surface area contributed by atoms with Gasteiger partial charge in [0.2, 0.25) is 0 Å². The maximum absolute atomic E-state index is 12.2. The molecule has 0 aliphatic heterocycles. The second-order valence-corrected chi connectivity index (χ2v) is 5.09. The van der Waals surface area contributed by atoms with Gasteiger partial charge in [0, 0.05) is 23.8 Å². The first-order valence-corrected chi connectivity index (χ1v) is 6.51. The number of nitrogens with zero attached hydrogens (tertiary/aromatic N) is 1. The average Bonchev–Trinajstić information content (AvgIpc) is 2.41. The molecule has 1 fully saturated rings. The van der Waals surface area contributed by atoms with E-state index in [9.17, 15) is 9.59 Å². The molecule has 5 nitrogen and oxygen atoms in total. The number of hydrogen-bond donors (Lipinski definition) is 2. The van der Waals surface area contributed by atoms with Crippen molar-refractivity contribution < 1.29 is 14.7 Å². The van der Waals surface area contributed by atoms with Crippen molar-refractivity contribution in [2.45, 2.75) is 18.9 Å². The lowest BCUT2D eigenvalue weighted by molar-refractivity contribution is -0.145. The molecule has 1 heterocycles. The highest BCUT2D eigenvalue weighted by Gasteiger charge is 2.35. The van der Waals surface area contributed by atoms with Gasteiger partial charge in [-0.05, 0) is 18.2 Å². The Morgan fingerprint density at radius 1 is 1.20 bits per heavy atom. The van der Waals surface area contributed by atoms with Crippen LogP contribution in [0.1, 0.15) is 23.2 Å². The summed E-state index contributed by atoms with van der Waals surface area (Å²) in [5.41, 5.74) is 0.530. The number of aliphatic carboxylic acids is 1. The first-order valence-electron chi connectivity index (χ1n) is 6.51. The van der Waals surface area contributed by atoms with Gasteiger partial charge in [-0.25, -0.2) is 0 Å². The summed E-state index contributed by atoms with van der Waals surface area (Å²) in [6.07, 6.45) is 4.26. The van der Waals surface area contributed by atoms with Crippen LogP contribution in [0.3, 0.4) is 0 Å². The summed E-state index contributed by atoms with van der Waals surface area (Å²) >= 11 is 0. The molecule has 0 unspecified atom stereocenters. The van der Waals surface area contributed by atoms with Crippen molar-refractivity contribution in [3.05, 3.63) is 42.2 Å². The van der Waals surface area contributed by atoms with Crippen molar-refractivity contribution in [2.75, 3.05) is 0 Å². The van der Waals surface area contributed by atoms with Crippen LogP contribution in [0, 0.1) is 5.92 Å². The van der Waals surface area contributed by atoms with Crippen LogP contribution in [-0.2, 0) is 4.79 Å². The van der Waals surface area contributed by atoms with Gasteiger partial charge in [-0.2, -0.15) is 0 Å². The normalized spacial score (nSPS) is 21.2. The summed E-state index contributed by atoms with van der Waals surface area (Å²) in [5.74, 6) is -1.31. The largest absolute Gasteiger partial charge is 0.481 e. The predicted molar refractivity (Wildman–Crippen MR) is 73.4 cm³/mol. The fourth-order valence-corrected chi connectivity index (χ4v) is 2.50. The first-order chi connectivity index (χ1) is 9.65. The maximum Gasteiger partial charge on any atom is 0.306 e. The number of carboxylic acid groups (broad SMARTS) is 1. The average molecular weight is 270 g/mol. The highest BCUT2D eigenvalue weighted by Crippen LogP contribution is 2.28. The molecule has 1 saturated carbocycles. The Labute approximate surface area is 115 Å². The number of carboxylic acids is 1. The molecule has 1 aliphatic rings. The van der Waals surface area contributed by atoms with Gasteiger partial charge in [-0.1, -0.05) is 24.3 Å². The van der Waals surface area contributed by atoms with E-state index in [1.54, 1.807) is 12.4 Å². The third-order valence-corrected chi connectivity index (χ3v) is 3.74. The zero-order chi connectivity index (χ0) is 14.1. The van der Waals surface area contributed by atoms with Crippen LogP contribution in [0.2, 0.25) is 0 Å². The number of carbonyl (C=O) groups excluding carboxylic acids is 1. The standard InChI is InChI=1S/C15H14N2O3/c18-14(17-11-5-10(6-11)15(19)20)13-8-16-7-9-3-1-2-4-12(9)13/h1-4,7-8,10-11H,5-6H2,(H,17,18)(H,19,20). The number of amides is 1. The van der Waals surface area contributed by atoms with E-state index < -0.39 is 5.97 Å². The molecule has 2 N–H and O–H groups in total. The Morgan fingerprint density at radius 3 is 2.70 bits per heavy atom. The number of nitrogens with one attached hydrogen (secondary N) is 1. The third kappa shape index (κ3) is 2.22. The molecular weight excluding hydrogens is 256 g/mol. The summed E-state index contributed by atoms with van der Waals surface area (Å²) < 4.78 is 0. The maximum atomic E-state index is 12.2. The summed E-state index contributed by atoms with van der Waals surface area (Å²) in [6, 6.07) is 7.51. The van der Waals surface area contributed by atoms with E-state index in [0.717, 1.165) is 10.8 Å². The zero-order valence-electron chi connectivity index (χ0n) is 10.7. The van der Waals surface area contributed by atoms with Gasteiger partial charge in [0.05, 0.1) is 11.5 Å². The Balaban J connectivity index is 1.75. The fraction of sp³-hybridized carbons (Fsp3) is 0.267. The molecule has 1 amide bonds. The zero-order valence-corrected chi connectivity index (χ0v) is 10.7. The second-order valence-electron chi connectivity index (χ2n) is 5.09. The molecule has 0 bridgehead atoms. The topological polar surface area (TPSA) is 79.3 Å². The van der Waals surface area contributed by atoms with E-state index in [1.807, 2.05) is 24.3 Å². The van der Waals surface area contributed by atoms with Crippen LogP contribution in [-0.4, -0.2) is 28.0 Å². The van der Waals surface area contributed by atoms with Gasteiger partial charge in [0.25, 0.3) is 5.91 Å². The van der Waals surface area contributed by atoms with Crippen molar-refractivity contribution in [2.24, 2.45) is 5.92 Å². The summed E-state index contributed by atoms with van der Waals surface area (Å²) in [4.78, 5) is 27.0. The molecule has 0 saturated heterocycles. The van der Waals surface area contributed by atoms with E-state index >= 15 is 0 Å². The van der Waals surface area contributed by atoms with Crippen LogP contribution in [0.15, 0.2) is 36.7 Å². The quantitative estimate of drug-likeness (QED) is 0.891. The molecule has 0 spiro atoms. The molecular formula is C15H14N2O3. The van der Waals surface area contributed by atoms with E-state index in [2.05, 4.69) is 10.3 Å². The van der Waals surface area contributed by atoms with Crippen LogP contribution in [0.4, 0.5) is 0 Å². The first kappa shape index (κ1) is 12.6. The molecule has 0 atom stereocenters. The minimum atomic E-state index is -0.790. The van der Waals surface area contributed by atoms with E-state index in [1.165, 1.54) is 0 Å². The number of carbonyl (C=O) groups is 2. The van der Waals surface area contributed by atoms with Gasteiger partial charge in [-0.15, -0.1) is 0 Å². The Kier molecular flexibility index (Phi) is 3.10. The van der Waals surface area contributed by atoms with E-state index in [0.29, 0.717) is 18.4 Å². The van der Waals surface area contributed by atoms with Gasteiger partial charge in [0.1, 0.15) is 0 Å². The molecule has 0 radical (unpaired) electrons. The van der Waals surface area contributed by atoms with Gasteiger partial charge in [-0.3, -0.25) is 14.6 Å². The fourth-order valence-electron chi connectivity index (χ4n) is 2.50. The highest BCUT2D eigenvalue weighted by atomic mass is 16.4. The number of aromatic nitrogens is 1. The summed E-state index contributed by atoms with van der Waals surface area (Å²) in [6.45, 7) is 0. The molecule has 1 aromatic carbocycles. The monoisotopic (exact) mass is 270 g/mol. The number of hydrogen-bond acceptors (Lipinski definition) is 3. The highest BCUT2D eigenvalue weighted by molar-refractivity contribution is 6.06. The number of fused-ring (bicyclic) bond motifs is 1. The Morgan fingerprint density at radius 2 is 1.95 bits per heavy atom. The van der Waals surface area contributed by atoms with Gasteiger partial charge >= 0.3 is 5.97 Å². The lowest BCUT2D eigenvalue weighted by Gasteiger charge is -2.32. The Hall–Kier alpha value is -2.43. The van der Waals surface area contributed by atoms with Crippen LogP contribution in [0.25, 0.3) is 10.8 Å². The molecule has 5 heteroatoms. The lowest BCUT2D eigenvalue weighted by atomic mass is 9.80. The smallest absolute Gasteiger partial charge is 0.306 e. The minimum Gasteiger partial charge on any atom is -0.481 e. The Bertz CT molecular complexity index is 672. The number of benzene rings is 1. The minimum absolute atomic E-state index is 0.0532. The number of rotatable bonds is 3. The lowest BCUT2D eigenvalue weighted by Crippen LogP contribution is -2.46. The van der Waals surface area contributed by atoms with Crippen molar-refractivity contribution in [1.82, 2.24) is 10.3 Å². The predicted octanol–water partition coefficient (Wildman–Crippen LogP) is 1.83. The molecule has 2 aromatic rings. The van der Waals surface area contributed by atoms with E-state index in [-0.39, 0.29) is 17.9 Å². The van der Waals surface area contributed by atoms with Gasteiger partial charge in [0.15, 0.2) is 0 Å². The molecule has 102 valence electrons. The molecule has 1 aliphatic carbocycles. The van der Waals surface area contributed by atoms with Crippen LogP contribution >= 0.6 is 0 Å². The van der Waals surface area contributed by atoms with E-state index in [4.69, 9.17) is 5.11 Å². The molecule has 3 rings (SSSR count). The summed E-state index contributed by atoms with van der Waals surface area (Å²) in [7, 11) is 0. The van der Waals surface area contributed by atoms with Crippen molar-refractivity contribution in [3.63, 3.8) is 0 Å². The van der Waals surface area contributed by atoms with Crippen molar-refractivity contribution >= 4 is 22.6 Å². The van der Waals surface area contributed by atoms with Crippen molar-refractivity contribution in [3.8, 4) is 0 Å². The SMILES string of the molecule is O=C(NC1CC(C(=O)O)C1)c1cncc2ccccc12. The third-order valence-electron chi connectivity index (χ3n) is 3.74. The van der Waals surface area contributed by atoms with Gasteiger partial charge < -0.3 is 10.4 Å². The molecule has 1 aromatic heterocycles. The number of pyridine rings is 1. The van der Waals surface area contributed by atoms with Crippen molar-refractivity contribution in [1.29, 1.82) is 0 Å².